The van der Waals surface area contributed by atoms with Crippen molar-refractivity contribution in [1.29, 1.82) is 0 Å². The van der Waals surface area contributed by atoms with Crippen LogP contribution >= 0.6 is 0 Å². The number of amides is 2. The smallest absolute Gasteiger partial charge is 0.329 e. The van der Waals surface area contributed by atoms with Gasteiger partial charge in [-0.15, -0.1) is 0 Å². The number of carbonyl (C=O) groups excluding carboxylic acids is 1. The highest BCUT2D eigenvalue weighted by molar-refractivity contribution is 5.85. The molecule has 2 atom stereocenters. The van der Waals surface area contributed by atoms with E-state index in [1.165, 1.54) is 11.8 Å². The molecule has 2 unspecified atom stereocenters. The SMILES string of the molecule is CCC(C)(NC(=O)N(C)CC1CCCOC1)C(=O)O. The zero-order valence-electron chi connectivity index (χ0n) is 11.9. The molecule has 6 nitrogen and oxygen atoms in total. The second-order valence-electron chi connectivity index (χ2n) is 5.38. The number of carbonyl (C=O) groups is 2. The third-order valence-corrected chi connectivity index (χ3v) is 3.70. The number of rotatable bonds is 5. The predicted molar refractivity (Wildman–Crippen MR) is 71.0 cm³/mol. The molecule has 1 rings (SSSR count). The number of nitrogens with zero attached hydrogens (tertiary/aromatic N) is 1. The largest absolute Gasteiger partial charge is 0.480 e. The minimum atomic E-state index is -1.21. The maximum atomic E-state index is 12.0. The lowest BCUT2D eigenvalue weighted by molar-refractivity contribution is -0.143. The van der Waals surface area contributed by atoms with E-state index in [1.807, 2.05) is 0 Å². The van der Waals surface area contributed by atoms with Crippen molar-refractivity contribution < 1.29 is 19.4 Å². The summed E-state index contributed by atoms with van der Waals surface area (Å²) in [6.07, 6.45) is 2.40. The van der Waals surface area contributed by atoms with Crippen LogP contribution in [0.4, 0.5) is 4.79 Å². The minimum Gasteiger partial charge on any atom is -0.480 e. The van der Waals surface area contributed by atoms with E-state index in [4.69, 9.17) is 9.84 Å². The van der Waals surface area contributed by atoms with Crippen molar-refractivity contribution in [1.82, 2.24) is 10.2 Å². The molecule has 0 aromatic rings. The van der Waals surface area contributed by atoms with Gasteiger partial charge in [-0.2, -0.15) is 0 Å². The summed E-state index contributed by atoms with van der Waals surface area (Å²) in [6, 6.07) is -0.350. The van der Waals surface area contributed by atoms with Gasteiger partial charge in [0.05, 0.1) is 6.61 Å². The maximum absolute atomic E-state index is 12.0. The fourth-order valence-electron chi connectivity index (χ4n) is 2.05. The third-order valence-electron chi connectivity index (χ3n) is 3.70. The van der Waals surface area contributed by atoms with Crippen LogP contribution in [-0.2, 0) is 9.53 Å². The molecule has 0 aromatic heterocycles. The molecule has 0 aliphatic carbocycles. The van der Waals surface area contributed by atoms with E-state index in [-0.39, 0.29) is 6.03 Å². The van der Waals surface area contributed by atoms with E-state index in [0.717, 1.165) is 19.4 Å². The Morgan fingerprint density at radius 2 is 2.21 bits per heavy atom. The van der Waals surface area contributed by atoms with Crippen molar-refractivity contribution in [2.24, 2.45) is 5.92 Å². The Hall–Kier alpha value is -1.30. The van der Waals surface area contributed by atoms with Gasteiger partial charge in [-0.25, -0.2) is 9.59 Å². The van der Waals surface area contributed by atoms with Crippen molar-refractivity contribution in [3.05, 3.63) is 0 Å². The van der Waals surface area contributed by atoms with Crippen molar-refractivity contribution in [2.45, 2.75) is 38.6 Å². The summed E-state index contributed by atoms with van der Waals surface area (Å²) < 4.78 is 5.37. The number of hydrogen-bond donors (Lipinski definition) is 2. The molecule has 0 saturated carbocycles. The Bertz CT molecular complexity index is 329. The lowest BCUT2D eigenvalue weighted by Gasteiger charge is -2.31. The Morgan fingerprint density at radius 1 is 1.53 bits per heavy atom. The molecule has 6 heteroatoms. The number of carboxylic acids is 1. The standard InChI is InChI=1S/C13H24N2O4/c1-4-13(2,11(16)17)14-12(18)15(3)8-10-6-5-7-19-9-10/h10H,4-9H2,1-3H3,(H,14,18)(H,16,17). The number of urea groups is 1. The van der Waals surface area contributed by atoms with Crippen LogP contribution in [0.2, 0.25) is 0 Å². The first kappa shape index (κ1) is 15.8. The Labute approximate surface area is 114 Å². The molecule has 2 amide bonds. The van der Waals surface area contributed by atoms with Gasteiger partial charge in [-0.3, -0.25) is 0 Å². The number of carboxylic acid groups (broad SMARTS) is 1. The molecule has 1 aliphatic rings. The van der Waals surface area contributed by atoms with Crippen LogP contribution in [0, 0.1) is 5.92 Å². The van der Waals surface area contributed by atoms with Gasteiger partial charge in [0.15, 0.2) is 0 Å². The van der Waals surface area contributed by atoms with Gasteiger partial charge < -0.3 is 20.1 Å². The molecule has 0 radical (unpaired) electrons. The lowest BCUT2D eigenvalue weighted by atomic mass is 9.99. The van der Waals surface area contributed by atoms with Crippen molar-refractivity contribution >= 4 is 12.0 Å². The summed E-state index contributed by atoms with van der Waals surface area (Å²) >= 11 is 0. The highest BCUT2D eigenvalue weighted by Gasteiger charge is 2.34. The topological polar surface area (TPSA) is 78.9 Å². The number of aliphatic carboxylic acids is 1. The van der Waals surface area contributed by atoms with Crippen LogP contribution in [-0.4, -0.2) is 54.4 Å². The maximum Gasteiger partial charge on any atom is 0.329 e. The zero-order chi connectivity index (χ0) is 14.5. The first-order valence-electron chi connectivity index (χ1n) is 6.73. The van der Waals surface area contributed by atoms with Gasteiger partial charge in [0.1, 0.15) is 5.54 Å². The predicted octanol–water partition coefficient (Wildman–Crippen LogP) is 1.31. The summed E-state index contributed by atoms with van der Waals surface area (Å²) in [4.78, 5) is 24.7. The average molecular weight is 272 g/mol. The molecular weight excluding hydrogens is 248 g/mol. The van der Waals surface area contributed by atoms with Gasteiger partial charge in [-0.05, 0) is 26.2 Å². The van der Waals surface area contributed by atoms with Gasteiger partial charge in [0.2, 0.25) is 0 Å². The molecule has 0 bridgehead atoms. The van der Waals surface area contributed by atoms with E-state index >= 15 is 0 Å². The summed E-state index contributed by atoms with van der Waals surface area (Å²) in [5.74, 6) is -0.681. The summed E-state index contributed by atoms with van der Waals surface area (Å²) in [5.41, 5.74) is -1.21. The zero-order valence-corrected chi connectivity index (χ0v) is 11.9. The third kappa shape index (κ3) is 4.38. The number of nitrogens with one attached hydrogen (secondary N) is 1. The molecule has 110 valence electrons. The molecular formula is C13H24N2O4. The van der Waals surface area contributed by atoms with Crippen molar-refractivity contribution in [2.75, 3.05) is 26.8 Å². The number of ether oxygens (including phenoxy) is 1. The van der Waals surface area contributed by atoms with Gasteiger partial charge in [-0.1, -0.05) is 6.92 Å². The van der Waals surface area contributed by atoms with E-state index in [9.17, 15) is 9.59 Å². The molecule has 1 heterocycles. The van der Waals surface area contributed by atoms with Crippen LogP contribution in [0.25, 0.3) is 0 Å². The van der Waals surface area contributed by atoms with Gasteiger partial charge in [0, 0.05) is 26.1 Å². The minimum absolute atomic E-state index is 0.335. The van der Waals surface area contributed by atoms with Crippen LogP contribution < -0.4 is 5.32 Å². The lowest BCUT2D eigenvalue weighted by Crippen LogP contribution is -2.55. The van der Waals surface area contributed by atoms with Crippen LogP contribution in [0.1, 0.15) is 33.1 Å². The normalized spacial score (nSPS) is 22.4. The summed E-state index contributed by atoms with van der Waals surface area (Å²) in [5, 5.41) is 11.7. The Morgan fingerprint density at radius 3 is 2.68 bits per heavy atom. The van der Waals surface area contributed by atoms with Crippen LogP contribution in [0.5, 0.6) is 0 Å². The van der Waals surface area contributed by atoms with E-state index in [1.54, 1.807) is 14.0 Å². The fraction of sp³-hybridized carbons (Fsp3) is 0.846. The summed E-state index contributed by atoms with van der Waals surface area (Å²) in [7, 11) is 1.68. The Balaban J connectivity index is 2.49. The first-order chi connectivity index (χ1) is 8.89. The molecule has 1 saturated heterocycles. The molecule has 1 fully saturated rings. The highest BCUT2D eigenvalue weighted by Crippen LogP contribution is 2.15. The van der Waals surface area contributed by atoms with Crippen LogP contribution in [0.15, 0.2) is 0 Å². The van der Waals surface area contributed by atoms with E-state index in [0.29, 0.717) is 25.5 Å². The average Bonchev–Trinajstić information content (AvgIpc) is 2.39. The molecule has 2 N–H and O–H groups in total. The van der Waals surface area contributed by atoms with E-state index < -0.39 is 11.5 Å². The monoisotopic (exact) mass is 272 g/mol. The fourth-order valence-corrected chi connectivity index (χ4v) is 2.05. The summed E-state index contributed by atoms with van der Waals surface area (Å²) in [6.45, 7) is 5.31. The van der Waals surface area contributed by atoms with Gasteiger partial charge >= 0.3 is 12.0 Å². The molecule has 0 spiro atoms. The molecule has 1 aliphatic heterocycles. The second kappa shape index (κ2) is 6.75. The first-order valence-corrected chi connectivity index (χ1v) is 6.73. The second-order valence-corrected chi connectivity index (χ2v) is 5.38. The molecule has 19 heavy (non-hydrogen) atoms. The van der Waals surface area contributed by atoms with E-state index in [2.05, 4.69) is 5.32 Å². The molecule has 0 aromatic carbocycles. The Kier molecular flexibility index (Phi) is 5.60. The number of hydrogen-bond acceptors (Lipinski definition) is 3. The highest BCUT2D eigenvalue weighted by atomic mass is 16.5. The quantitative estimate of drug-likeness (QED) is 0.791. The van der Waals surface area contributed by atoms with Crippen molar-refractivity contribution in [3.63, 3.8) is 0 Å². The van der Waals surface area contributed by atoms with Crippen LogP contribution in [0.3, 0.4) is 0 Å². The van der Waals surface area contributed by atoms with Gasteiger partial charge in [0.25, 0.3) is 0 Å². The van der Waals surface area contributed by atoms with Crippen molar-refractivity contribution in [3.8, 4) is 0 Å².